The standard InChI is InChI=1S/C16H24N5O6PS/c1-16(2,3)15(22)25-9-29-28(23,24)26-6-10-4-5-11(27-10)21-8-20-12-13(17)18-7-19-14(12)21/h7-8,10-11H,4-6,9H2,1-3H3,(H,23,24)(H2,17,18,19). The van der Waals surface area contributed by atoms with Crippen LogP contribution in [0, 0.1) is 5.41 Å². The topological polar surface area (TPSA) is 152 Å². The van der Waals surface area contributed by atoms with Crippen LogP contribution in [0.2, 0.25) is 0 Å². The minimum absolute atomic E-state index is 0.0613. The Kier molecular flexibility index (Phi) is 6.49. The van der Waals surface area contributed by atoms with Gasteiger partial charge in [0.1, 0.15) is 24.0 Å². The number of imidazole rings is 1. The van der Waals surface area contributed by atoms with E-state index >= 15 is 0 Å². The van der Waals surface area contributed by atoms with E-state index in [9.17, 15) is 14.3 Å². The molecule has 1 saturated heterocycles. The van der Waals surface area contributed by atoms with Gasteiger partial charge in [-0.05, 0) is 33.6 Å². The van der Waals surface area contributed by atoms with Crippen LogP contribution in [0.4, 0.5) is 5.82 Å². The second-order valence-corrected chi connectivity index (χ2v) is 11.4. The smallest absolute Gasteiger partial charge is 0.389 e. The molecule has 0 aliphatic carbocycles. The molecule has 2 aromatic heterocycles. The Morgan fingerprint density at radius 2 is 2.17 bits per heavy atom. The Morgan fingerprint density at radius 1 is 1.41 bits per heavy atom. The van der Waals surface area contributed by atoms with Crippen LogP contribution < -0.4 is 5.73 Å². The lowest BCUT2D eigenvalue weighted by Gasteiger charge is -2.18. The van der Waals surface area contributed by atoms with Gasteiger partial charge < -0.3 is 20.1 Å². The molecule has 1 fully saturated rings. The summed E-state index contributed by atoms with van der Waals surface area (Å²) in [7, 11) is 0. The summed E-state index contributed by atoms with van der Waals surface area (Å²) in [6.07, 6.45) is 3.54. The summed E-state index contributed by atoms with van der Waals surface area (Å²) >= 11 is 0.553. The molecule has 0 aromatic carbocycles. The minimum Gasteiger partial charge on any atom is -0.454 e. The molecule has 1 aliphatic rings. The van der Waals surface area contributed by atoms with Crippen LogP contribution in [0.25, 0.3) is 11.2 Å². The van der Waals surface area contributed by atoms with E-state index in [4.69, 9.17) is 19.7 Å². The van der Waals surface area contributed by atoms with E-state index < -0.39 is 18.2 Å². The van der Waals surface area contributed by atoms with Gasteiger partial charge in [0.25, 0.3) is 0 Å². The highest BCUT2D eigenvalue weighted by Crippen LogP contribution is 2.56. The van der Waals surface area contributed by atoms with Crippen LogP contribution in [-0.2, 0) is 23.4 Å². The molecule has 0 saturated carbocycles. The zero-order chi connectivity index (χ0) is 21.2. The first-order chi connectivity index (χ1) is 13.6. The predicted molar refractivity (Wildman–Crippen MR) is 107 cm³/mol. The van der Waals surface area contributed by atoms with E-state index in [0.29, 0.717) is 35.4 Å². The first-order valence-corrected chi connectivity index (χ1v) is 12.1. The Balaban J connectivity index is 1.49. The van der Waals surface area contributed by atoms with E-state index in [1.54, 1.807) is 31.7 Å². The number of fused-ring (bicyclic) bond motifs is 1. The predicted octanol–water partition coefficient (Wildman–Crippen LogP) is 2.48. The lowest BCUT2D eigenvalue weighted by Crippen LogP contribution is -2.22. The second-order valence-electron chi connectivity index (χ2n) is 7.57. The summed E-state index contributed by atoms with van der Waals surface area (Å²) in [6, 6.07) is 0. The molecular weight excluding hydrogens is 421 g/mol. The maximum Gasteiger partial charge on any atom is 0.389 e. The molecular formula is C16H24N5O6PS. The van der Waals surface area contributed by atoms with Crippen molar-refractivity contribution in [3.8, 4) is 0 Å². The van der Waals surface area contributed by atoms with Gasteiger partial charge in [-0.15, -0.1) is 0 Å². The summed E-state index contributed by atoms with van der Waals surface area (Å²) in [4.78, 5) is 33.9. The van der Waals surface area contributed by atoms with E-state index in [0.717, 1.165) is 0 Å². The van der Waals surface area contributed by atoms with Crippen molar-refractivity contribution in [2.24, 2.45) is 5.41 Å². The lowest BCUT2D eigenvalue weighted by molar-refractivity contribution is -0.150. The minimum atomic E-state index is -3.98. The molecule has 13 heteroatoms. The number of aromatic nitrogens is 4. The van der Waals surface area contributed by atoms with Gasteiger partial charge >= 0.3 is 12.8 Å². The van der Waals surface area contributed by atoms with Crippen molar-refractivity contribution in [3.63, 3.8) is 0 Å². The molecule has 3 atom stereocenters. The summed E-state index contributed by atoms with van der Waals surface area (Å²) < 4.78 is 29.9. The average Bonchev–Trinajstić information content (AvgIpc) is 3.26. The fourth-order valence-corrected chi connectivity index (χ4v) is 4.36. The van der Waals surface area contributed by atoms with Crippen LogP contribution in [0.1, 0.15) is 39.8 Å². The van der Waals surface area contributed by atoms with Gasteiger partial charge in [-0.3, -0.25) is 13.9 Å². The summed E-state index contributed by atoms with van der Waals surface area (Å²) in [5, 5.41) is 0. The van der Waals surface area contributed by atoms with Crippen LogP contribution >= 0.6 is 18.2 Å². The van der Waals surface area contributed by atoms with Crippen molar-refractivity contribution in [1.29, 1.82) is 0 Å². The molecule has 0 spiro atoms. The van der Waals surface area contributed by atoms with E-state index in [1.165, 1.54) is 6.33 Å². The zero-order valence-electron chi connectivity index (χ0n) is 16.3. The number of nitrogens with zero attached hydrogens (tertiary/aromatic N) is 4. The van der Waals surface area contributed by atoms with Gasteiger partial charge in [-0.1, -0.05) is 0 Å². The molecule has 1 aliphatic heterocycles. The van der Waals surface area contributed by atoms with Crippen molar-refractivity contribution < 1.29 is 28.3 Å². The maximum absolute atomic E-state index is 12.1. The number of hydrogen-bond donors (Lipinski definition) is 2. The highest BCUT2D eigenvalue weighted by atomic mass is 32.7. The monoisotopic (exact) mass is 445 g/mol. The summed E-state index contributed by atoms with van der Waals surface area (Å²) in [5.74, 6) is -0.429. The molecule has 3 rings (SSSR count). The fraction of sp³-hybridized carbons (Fsp3) is 0.625. The van der Waals surface area contributed by atoms with Crippen LogP contribution in [-0.4, -0.2) is 49.0 Å². The van der Waals surface area contributed by atoms with Crippen LogP contribution in [0.5, 0.6) is 0 Å². The molecule has 2 aromatic rings. The van der Waals surface area contributed by atoms with Gasteiger partial charge in [0, 0.05) is 11.4 Å². The maximum atomic E-state index is 12.1. The molecule has 29 heavy (non-hydrogen) atoms. The zero-order valence-corrected chi connectivity index (χ0v) is 18.1. The molecule has 0 amide bonds. The first kappa shape index (κ1) is 22.0. The van der Waals surface area contributed by atoms with E-state index in [1.807, 2.05) is 0 Å². The number of carbonyl (C=O) groups is 1. The SMILES string of the molecule is CC(C)(C)C(=O)OCSP(=O)(O)OCC1CCC(n2cnc3c(N)ncnc32)O1. The van der Waals surface area contributed by atoms with E-state index in [-0.39, 0.29) is 30.7 Å². The molecule has 0 radical (unpaired) electrons. The normalized spacial score (nSPS) is 21.9. The number of anilines is 1. The molecule has 0 bridgehead atoms. The number of hydrogen-bond acceptors (Lipinski definition) is 10. The number of carbonyl (C=O) groups excluding carboxylic acids is 1. The Morgan fingerprint density at radius 3 is 2.90 bits per heavy atom. The Hall–Kier alpha value is -1.72. The highest BCUT2D eigenvalue weighted by Gasteiger charge is 2.32. The molecule has 3 unspecified atom stereocenters. The number of esters is 1. The summed E-state index contributed by atoms with van der Waals surface area (Å²) in [6.45, 7) is 1.07. The van der Waals surface area contributed by atoms with Crippen molar-refractivity contribution in [2.45, 2.75) is 45.9 Å². The fourth-order valence-electron chi connectivity index (χ4n) is 2.67. The first-order valence-electron chi connectivity index (χ1n) is 8.94. The van der Waals surface area contributed by atoms with Gasteiger partial charge in [0.15, 0.2) is 11.5 Å². The molecule has 3 heterocycles. The van der Waals surface area contributed by atoms with Crippen LogP contribution in [0.3, 0.4) is 0 Å². The van der Waals surface area contributed by atoms with Crippen molar-refractivity contribution in [2.75, 3.05) is 18.3 Å². The number of ether oxygens (including phenoxy) is 2. The molecule has 160 valence electrons. The van der Waals surface area contributed by atoms with Gasteiger partial charge in [0.2, 0.25) is 0 Å². The van der Waals surface area contributed by atoms with Gasteiger partial charge in [-0.2, -0.15) is 0 Å². The largest absolute Gasteiger partial charge is 0.454 e. The molecule has 3 N–H and O–H groups in total. The third kappa shape index (κ3) is 5.46. The van der Waals surface area contributed by atoms with Gasteiger partial charge in [0.05, 0.1) is 24.5 Å². The van der Waals surface area contributed by atoms with E-state index in [2.05, 4.69) is 15.0 Å². The van der Waals surface area contributed by atoms with Crippen molar-refractivity contribution in [1.82, 2.24) is 19.5 Å². The lowest BCUT2D eigenvalue weighted by atomic mass is 9.98. The number of rotatable bonds is 7. The number of nitrogens with two attached hydrogens (primary N) is 1. The van der Waals surface area contributed by atoms with Crippen molar-refractivity contribution in [3.05, 3.63) is 12.7 Å². The third-order valence-corrected chi connectivity index (χ3v) is 6.86. The number of nitrogen functional groups attached to an aromatic ring is 1. The highest BCUT2D eigenvalue weighted by molar-refractivity contribution is 8.54. The van der Waals surface area contributed by atoms with Gasteiger partial charge in [-0.25, -0.2) is 19.5 Å². The molecule has 11 nitrogen and oxygen atoms in total. The summed E-state index contributed by atoms with van der Waals surface area (Å²) in [5.41, 5.74) is 6.17. The Bertz CT molecular complexity index is 932. The van der Waals surface area contributed by atoms with Crippen LogP contribution in [0.15, 0.2) is 12.7 Å². The second kappa shape index (κ2) is 8.57. The average molecular weight is 445 g/mol. The van der Waals surface area contributed by atoms with Crippen molar-refractivity contribution >= 4 is 41.1 Å². The quantitative estimate of drug-likeness (QED) is 0.367. The Labute approximate surface area is 171 Å². The third-order valence-electron chi connectivity index (χ3n) is 4.22.